The maximum atomic E-state index is 12.7. The predicted octanol–water partition coefficient (Wildman–Crippen LogP) is 4.15. The van der Waals surface area contributed by atoms with Crippen molar-refractivity contribution < 1.29 is 9.59 Å². The summed E-state index contributed by atoms with van der Waals surface area (Å²) in [6, 6.07) is 21.7. The third kappa shape index (κ3) is 5.98. The lowest BCUT2D eigenvalue weighted by molar-refractivity contribution is -0.135. The van der Waals surface area contributed by atoms with Crippen LogP contribution >= 0.6 is 0 Å². The molecule has 0 aromatic heterocycles. The van der Waals surface area contributed by atoms with Gasteiger partial charge in [-0.25, -0.2) is 0 Å². The molecule has 4 rings (SSSR count). The number of carbonyl (C=O) groups excluding carboxylic acids is 2. The molecular formula is C27H35N3O2. The minimum absolute atomic E-state index is 0.0251. The first-order valence-electron chi connectivity index (χ1n) is 12.1. The van der Waals surface area contributed by atoms with Crippen LogP contribution in [0.5, 0.6) is 0 Å². The first kappa shape index (κ1) is 22.5. The van der Waals surface area contributed by atoms with Crippen LogP contribution in [0.4, 0.5) is 0 Å². The second-order valence-electron chi connectivity index (χ2n) is 9.04. The molecule has 5 nitrogen and oxygen atoms in total. The minimum atomic E-state index is 0.0251. The Morgan fingerprint density at radius 1 is 0.781 bits per heavy atom. The van der Waals surface area contributed by atoms with E-state index in [9.17, 15) is 9.59 Å². The minimum Gasteiger partial charge on any atom is -0.353 e. The van der Waals surface area contributed by atoms with E-state index < -0.39 is 0 Å². The fourth-order valence-electron chi connectivity index (χ4n) is 5.04. The van der Waals surface area contributed by atoms with Gasteiger partial charge >= 0.3 is 0 Å². The number of amides is 2. The summed E-state index contributed by atoms with van der Waals surface area (Å²) in [5, 5.41) is 3.12. The third-order valence-corrected chi connectivity index (χ3v) is 6.80. The van der Waals surface area contributed by atoms with Gasteiger partial charge in [-0.05, 0) is 24.0 Å². The Labute approximate surface area is 191 Å². The number of rotatable bonds is 7. The SMILES string of the molecule is O=C(CCC(=O)N1CCN(C(c2ccccc2)c2ccccc2)CC1)NC1CCCCC1. The summed E-state index contributed by atoms with van der Waals surface area (Å²) in [6.07, 6.45) is 6.41. The van der Waals surface area contributed by atoms with E-state index in [2.05, 4.69) is 58.7 Å². The van der Waals surface area contributed by atoms with Gasteiger partial charge in [-0.3, -0.25) is 14.5 Å². The molecule has 0 radical (unpaired) electrons. The van der Waals surface area contributed by atoms with Crippen molar-refractivity contribution in [2.45, 2.75) is 57.0 Å². The van der Waals surface area contributed by atoms with Gasteiger partial charge in [-0.15, -0.1) is 0 Å². The van der Waals surface area contributed by atoms with Crippen molar-refractivity contribution in [1.82, 2.24) is 15.1 Å². The maximum absolute atomic E-state index is 12.7. The molecule has 2 fully saturated rings. The molecule has 2 aliphatic rings. The number of hydrogen-bond acceptors (Lipinski definition) is 3. The summed E-state index contributed by atoms with van der Waals surface area (Å²) in [5.74, 6) is 0.122. The van der Waals surface area contributed by atoms with Crippen LogP contribution in [0.15, 0.2) is 60.7 Å². The van der Waals surface area contributed by atoms with Crippen molar-refractivity contribution in [3.63, 3.8) is 0 Å². The second kappa shape index (κ2) is 11.3. The van der Waals surface area contributed by atoms with Gasteiger partial charge in [-0.2, -0.15) is 0 Å². The molecule has 170 valence electrons. The van der Waals surface area contributed by atoms with Gasteiger partial charge in [-0.1, -0.05) is 79.9 Å². The zero-order chi connectivity index (χ0) is 22.2. The van der Waals surface area contributed by atoms with E-state index in [0.29, 0.717) is 32.0 Å². The standard InChI is InChI=1S/C27H35N3O2/c31-25(28-24-14-8-3-9-15-24)16-17-26(32)29-18-20-30(21-19-29)27(22-10-4-1-5-11-22)23-12-6-2-7-13-23/h1-2,4-7,10-13,24,27H,3,8-9,14-21H2,(H,28,31). The molecular weight excluding hydrogens is 398 g/mol. The number of piperazine rings is 1. The van der Waals surface area contributed by atoms with Crippen molar-refractivity contribution in [1.29, 1.82) is 0 Å². The third-order valence-electron chi connectivity index (χ3n) is 6.80. The van der Waals surface area contributed by atoms with Crippen LogP contribution in [0.3, 0.4) is 0 Å². The molecule has 0 bridgehead atoms. The van der Waals surface area contributed by atoms with E-state index in [1.165, 1.54) is 30.4 Å². The van der Waals surface area contributed by atoms with Gasteiger partial charge in [0.25, 0.3) is 0 Å². The molecule has 5 heteroatoms. The first-order valence-corrected chi connectivity index (χ1v) is 12.1. The van der Waals surface area contributed by atoms with E-state index in [1.807, 2.05) is 17.0 Å². The Hall–Kier alpha value is -2.66. The monoisotopic (exact) mass is 433 g/mol. The zero-order valence-electron chi connectivity index (χ0n) is 18.9. The summed E-state index contributed by atoms with van der Waals surface area (Å²) in [5.41, 5.74) is 2.55. The lowest BCUT2D eigenvalue weighted by Gasteiger charge is -2.40. The van der Waals surface area contributed by atoms with Crippen LogP contribution in [-0.2, 0) is 9.59 Å². The predicted molar refractivity (Wildman–Crippen MR) is 127 cm³/mol. The summed E-state index contributed by atoms with van der Waals surface area (Å²) in [4.78, 5) is 29.4. The summed E-state index contributed by atoms with van der Waals surface area (Å²) >= 11 is 0. The number of carbonyl (C=O) groups is 2. The Morgan fingerprint density at radius 2 is 1.34 bits per heavy atom. The fraction of sp³-hybridized carbons (Fsp3) is 0.481. The Bertz CT molecular complexity index is 817. The van der Waals surface area contributed by atoms with Crippen molar-refractivity contribution in [3.8, 4) is 0 Å². The second-order valence-corrected chi connectivity index (χ2v) is 9.04. The molecule has 0 unspecified atom stereocenters. The first-order chi connectivity index (χ1) is 15.7. The van der Waals surface area contributed by atoms with Crippen LogP contribution in [0.25, 0.3) is 0 Å². The van der Waals surface area contributed by atoms with Crippen molar-refractivity contribution in [3.05, 3.63) is 71.8 Å². The van der Waals surface area contributed by atoms with E-state index in [4.69, 9.17) is 0 Å². The zero-order valence-corrected chi connectivity index (χ0v) is 18.9. The van der Waals surface area contributed by atoms with Crippen LogP contribution in [0.1, 0.15) is 62.1 Å². The number of nitrogens with one attached hydrogen (secondary N) is 1. The molecule has 1 aliphatic carbocycles. The topological polar surface area (TPSA) is 52.7 Å². The molecule has 1 saturated heterocycles. The van der Waals surface area contributed by atoms with E-state index in [1.54, 1.807) is 0 Å². The number of nitrogens with zero attached hydrogens (tertiary/aromatic N) is 2. The Kier molecular flexibility index (Phi) is 7.94. The highest BCUT2D eigenvalue weighted by Crippen LogP contribution is 2.29. The lowest BCUT2D eigenvalue weighted by atomic mass is 9.95. The average Bonchev–Trinajstić information content (AvgIpc) is 2.85. The molecule has 1 aliphatic heterocycles. The Balaban J connectivity index is 1.29. The molecule has 1 heterocycles. The summed E-state index contributed by atoms with van der Waals surface area (Å²) in [6.45, 7) is 3.07. The van der Waals surface area contributed by atoms with Gasteiger partial charge < -0.3 is 10.2 Å². The van der Waals surface area contributed by atoms with Crippen molar-refractivity contribution in [2.75, 3.05) is 26.2 Å². The maximum Gasteiger partial charge on any atom is 0.223 e. The molecule has 2 aromatic rings. The molecule has 1 N–H and O–H groups in total. The fourth-order valence-corrected chi connectivity index (χ4v) is 5.04. The van der Waals surface area contributed by atoms with E-state index >= 15 is 0 Å². The van der Waals surface area contributed by atoms with Crippen molar-refractivity contribution in [2.24, 2.45) is 0 Å². The van der Waals surface area contributed by atoms with Crippen molar-refractivity contribution >= 4 is 11.8 Å². The van der Waals surface area contributed by atoms with E-state index in [-0.39, 0.29) is 17.9 Å². The molecule has 2 aromatic carbocycles. The lowest BCUT2D eigenvalue weighted by Crippen LogP contribution is -2.50. The average molecular weight is 434 g/mol. The molecule has 32 heavy (non-hydrogen) atoms. The van der Waals surface area contributed by atoms with Gasteiger partial charge in [0.15, 0.2) is 0 Å². The summed E-state index contributed by atoms with van der Waals surface area (Å²) in [7, 11) is 0. The quantitative estimate of drug-likeness (QED) is 0.714. The van der Waals surface area contributed by atoms with Crippen LogP contribution in [0.2, 0.25) is 0 Å². The van der Waals surface area contributed by atoms with Crippen LogP contribution < -0.4 is 5.32 Å². The smallest absolute Gasteiger partial charge is 0.223 e. The van der Waals surface area contributed by atoms with Gasteiger partial charge in [0, 0.05) is 45.1 Å². The van der Waals surface area contributed by atoms with E-state index in [0.717, 1.165) is 25.9 Å². The molecule has 0 spiro atoms. The highest BCUT2D eigenvalue weighted by Gasteiger charge is 2.28. The normalized spacial score (nSPS) is 18.0. The highest BCUT2D eigenvalue weighted by atomic mass is 16.2. The van der Waals surface area contributed by atoms with Gasteiger partial charge in [0.2, 0.25) is 11.8 Å². The van der Waals surface area contributed by atoms with Crippen LogP contribution in [0, 0.1) is 0 Å². The van der Waals surface area contributed by atoms with Crippen LogP contribution in [-0.4, -0.2) is 53.8 Å². The largest absolute Gasteiger partial charge is 0.353 e. The van der Waals surface area contributed by atoms with Gasteiger partial charge in [0.1, 0.15) is 0 Å². The number of hydrogen-bond donors (Lipinski definition) is 1. The Morgan fingerprint density at radius 3 is 1.91 bits per heavy atom. The highest BCUT2D eigenvalue weighted by molar-refractivity contribution is 5.84. The molecule has 1 saturated carbocycles. The number of benzene rings is 2. The summed E-state index contributed by atoms with van der Waals surface area (Å²) < 4.78 is 0. The van der Waals surface area contributed by atoms with Gasteiger partial charge in [0.05, 0.1) is 6.04 Å². The molecule has 2 amide bonds. The molecule has 0 atom stereocenters.